The van der Waals surface area contributed by atoms with Crippen molar-refractivity contribution in [1.29, 1.82) is 0 Å². The lowest BCUT2D eigenvalue weighted by Crippen LogP contribution is -1.80. The van der Waals surface area contributed by atoms with Crippen LogP contribution in [-0.2, 0) is 6.42 Å². The topological polar surface area (TPSA) is 28.7 Å². The summed E-state index contributed by atoms with van der Waals surface area (Å²) in [6.45, 7) is 2.18. The lowest BCUT2D eigenvalue weighted by Gasteiger charge is -1.88. The number of pyridine rings is 1. The summed E-state index contributed by atoms with van der Waals surface area (Å²) in [6.07, 6.45) is 4.09. The molecular formula is C10H12N2. The number of nitrogens with zero attached hydrogens (tertiary/aromatic N) is 1. The van der Waals surface area contributed by atoms with Gasteiger partial charge in [-0.05, 0) is 24.6 Å². The molecule has 0 spiro atoms. The Labute approximate surface area is 71.6 Å². The molecule has 2 nitrogen and oxygen atoms in total. The van der Waals surface area contributed by atoms with E-state index in [0.29, 0.717) is 0 Å². The molecule has 2 heterocycles. The van der Waals surface area contributed by atoms with E-state index in [1.54, 1.807) is 0 Å². The quantitative estimate of drug-likeness (QED) is 0.718. The maximum atomic E-state index is 4.23. The van der Waals surface area contributed by atoms with Gasteiger partial charge in [0, 0.05) is 17.3 Å². The first-order valence-corrected chi connectivity index (χ1v) is 4.33. The summed E-state index contributed by atoms with van der Waals surface area (Å²) < 4.78 is 0. The Morgan fingerprint density at radius 2 is 2.42 bits per heavy atom. The molecule has 2 aromatic heterocycles. The number of H-pyrrole nitrogens is 1. The third-order valence-electron chi connectivity index (χ3n) is 1.97. The molecule has 1 N–H and O–H groups in total. The first kappa shape index (κ1) is 7.35. The van der Waals surface area contributed by atoms with E-state index in [-0.39, 0.29) is 0 Å². The van der Waals surface area contributed by atoms with E-state index in [0.717, 1.165) is 12.1 Å². The van der Waals surface area contributed by atoms with Crippen LogP contribution < -0.4 is 0 Å². The van der Waals surface area contributed by atoms with E-state index < -0.39 is 0 Å². The van der Waals surface area contributed by atoms with Crippen molar-refractivity contribution < 1.29 is 0 Å². The number of aromatic amines is 1. The third-order valence-corrected chi connectivity index (χ3v) is 1.97. The fraction of sp³-hybridized carbons (Fsp3) is 0.300. The lowest BCUT2D eigenvalue weighted by atomic mass is 10.2. The van der Waals surface area contributed by atoms with Crippen molar-refractivity contribution in [1.82, 2.24) is 9.97 Å². The second-order valence-corrected chi connectivity index (χ2v) is 2.99. The third kappa shape index (κ3) is 1.20. The Balaban J connectivity index is 2.47. The van der Waals surface area contributed by atoms with E-state index in [1.165, 1.54) is 17.5 Å². The number of hydrogen-bond acceptors (Lipinski definition) is 1. The van der Waals surface area contributed by atoms with Crippen LogP contribution >= 0.6 is 0 Å². The molecule has 2 heteroatoms. The molecular weight excluding hydrogens is 148 g/mol. The van der Waals surface area contributed by atoms with Crippen LogP contribution in [0.4, 0.5) is 0 Å². The van der Waals surface area contributed by atoms with E-state index in [2.05, 4.69) is 29.0 Å². The smallest absolute Gasteiger partial charge is 0.137 e. The average Bonchev–Trinajstić information content (AvgIpc) is 2.47. The van der Waals surface area contributed by atoms with Gasteiger partial charge in [-0.3, -0.25) is 0 Å². The minimum atomic E-state index is 1.00. The normalized spacial score (nSPS) is 10.8. The fourth-order valence-electron chi connectivity index (χ4n) is 1.42. The molecule has 0 bridgehead atoms. The summed E-state index contributed by atoms with van der Waals surface area (Å²) in [5.74, 6) is 0. The van der Waals surface area contributed by atoms with Crippen LogP contribution in [0.15, 0.2) is 24.4 Å². The summed E-state index contributed by atoms with van der Waals surface area (Å²) in [7, 11) is 0. The van der Waals surface area contributed by atoms with Crippen LogP contribution in [-0.4, -0.2) is 9.97 Å². The lowest BCUT2D eigenvalue weighted by molar-refractivity contribution is 0.895. The van der Waals surface area contributed by atoms with Crippen LogP contribution in [0, 0.1) is 0 Å². The van der Waals surface area contributed by atoms with Crippen LogP contribution in [0.25, 0.3) is 11.0 Å². The zero-order valence-electron chi connectivity index (χ0n) is 7.17. The van der Waals surface area contributed by atoms with Crippen molar-refractivity contribution in [2.75, 3.05) is 0 Å². The van der Waals surface area contributed by atoms with Gasteiger partial charge in [0.15, 0.2) is 0 Å². The fourth-order valence-corrected chi connectivity index (χ4v) is 1.42. The summed E-state index contributed by atoms with van der Waals surface area (Å²) in [5.41, 5.74) is 2.28. The molecule has 0 radical (unpaired) electrons. The second-order valence-electron chi connectivity index (χ2n) is 2.99. The van der Waals surface area contributed by atoms with Crippen molar-refractivity contribution in [3.63, 3.8) is 0 Å². The zero-order valence-corrected chi connectivity index (χ0v) is 7.17. The Hall–Kier alpha value is -1.31. The summed E-state index contributed by atoms with van der Waals surface area (Å²) >= 11 is 0. The Morgan fingerprint density at radius 1 is 1.50 bits per heavy atom. The molecule has 12 heavy (non-hydrogen) atoms. The van der Waals surface area contributed by atoms with Gasteiger partial charge in [0.2, 0.25) is 0 Å². The molecule has 62 valence electrons. The van der Waals surface area contributed by atoms with Gasteiger partial charge in [-0.25, -0.2) is 4.98 Å². The Morgan fingerprint density at radius 3 is 3.17 bits per heavy atom. The van der Waals surface area contributed by atoms with Crippen LogP contribution in [0.3, 0.4) is 0 Å². The molecule has 0 atom stereocenters. The Kier molecular flexibility index (Phi) is 1.82. The summed E-state index contributed by atoms with van der Waals surface area (Å²) in [5, 5.41) is 1.21. The minimum absolute atomic E-state index is 1.00. The van der Waals surface area contributed by atoms with Gasteiger partial charge in [-0.15, -0.1) is 0 Å². The number of aromatic nitrogens is 2. The number of nitrogens with one attached hydrogen (secondary N) is 1. The molecule has 2 aromatic rings. The van der Waals surface area contributed by atoms with E-state index in [4.69, 9.17) is 0 Å². The maximum absolute atomic E-state index is 4.23. The summed E-state index contributed by atoms with van der Waals surface area (Å²) in [4.78, 5) is 7.51. The Bertz CT molecular complexity index is 343. The van der Waals surface area contributed by atoms with Gasteiger partial charge in [-0.2, -0.15) is 0 Å². The van der Waals surface area contributed by atoms with Crippen molar-refractivity contribution in [2.24, 2.45) is 0 Å². The SMILES string of the molecule is CCCc1cc2cccnc2[nH]1. The van der Waals surface area contributed by atoms with Crippen molar-refractivity contribution in [3.05, 3.63) is 30.1 Å². The van der Waals surface area contributed by atoms with Crippen molar-refractivity contribution >= 4 is 11.0 Å². The predicted molar refractivity (Wildman–Crippen MR) is 50.1 cm³/mol. The number of fused-ring (bicyclic) bond motifs is 1. The second kappa shape index (κ2) is 2.97. The minimum Gasteiger partial charge on any atom is -0.343 e. The van der Waals surface area contributed by atoms with E-state index in [1.807, 2.05) is 12.3 Å². The number of hydrogen-bond donors (Lipinski definition) is 1. The average molecular weight is 160 g/mol. The molecule has 0 saturated heterocycles. The standard InChI is InChI=1S/C10H12N2/c1-2-4-9-7-8-5-3-6-11-10(8)12-9/h3,5-7H,2,4H2,1H3,(H,11,12). The molecule has 0 saturated carbocycles. The predicted octanol–water partition coefficient (Wildman–Crippen LogP) is 2.52. The highest BCUT2D eigenvalue weighted by atomic mass is 14.8. The van der Waals surface area contributed by atoms with Crippen LogP contribution in [0.5, 0.6) is 0 Å². The molecule has 0 aliphatic carbocycles. The largest absolute Gasteiger partial charge is 0.343 e. The van der Waals surface area contributed by atoms with Gasteiger partial charge in [0.25, 0.3) is 0 Å². The molecule has 0 aromatic carbocycles. The summed E-state index contributed by atoms with van der Waals surface area (Å²) in [6, 6.07) is 6.22. The van der Waals surface area contributed by atoms with Crippen LogP contribution in [0.1, 0.15) is 19.0 Å². The van der Waals surface area contributed by atoms with Gasteiger partial charge < -0.3 is 4.98 Å². The van der Waals surface area contributed by atoms with E-state index >= 15 is 0 Å². The first-order chi connectivity index (χ1) is 5.90. The van der Waals surface area contributed by atoms with Gasteiger partial charge in [-0.1, -0.05) is 13.3 Å². The molecule has 0 amide bonds. The highest BCUT2D eigenvalue weighted by Gasteiger charge is 1.98. The molecule has 0 aliphatic rings. The molecule has 0 unspecified atom stereocenters. The maximum Gasteiger partial charge on any atom is 0.137 e. The zero-order chi connectivity index (χ0) is 8.39. The van der Waals surface area contributed by atoms with Crippen molar-refractivity contribution in [2.45, 2.75) is 19.8 Å². The highest BCUT2D eigenvalue weighted by molar-refractivity contribution is 5.76. The van der Waals surface area contributed by atoms with Crippen LogP contribution in [0.2, 0.25) is 0 Å². The van der Waals surface area contributed by atoms with Gasteiger partial charge in [0.1, 0.15) is 5.65 Å². The molecule has 0 fully saturated rings. The van der Waals surface area contributed by atoms with Gasteiger partial charge in [0.05, 0.1) is 0 Å². The monoisotopic (exact) mass is 160 g/mol. The highest BCUT2D eigenvalue weighted by Crippen LogP contribution is 2.12. The van der Waals surface area contributed by atoms with Gasteiger partial charge >= 0.3 is 0 Å². The first-order valence-electron chi connectivity index (χ1n) is 4.33. The number of rotatable bonds is 2. The number of aryl methyl sites for hydroxylation is 1. The molecule has 0 aliphatic heterocycles. The van der Waals surface area contributed by atoms with Crippen molar-refractivity contribution in [3.8, 4) is 0 Å². The molecule has 2 rings (SSSR count). The van der Waals surface area contributed by atoms with E-state index in [9.17, 15) is 0 Å².